The van der Waals surface area contributed by atoms with Crippen LogP contribution in [0.4, 0.5) is 5.69 Å². The molecule has 2 heterocycles. The molecule has 0 aliphatic carbocycles. The predicted molar refractivity (Wildman–Crippen MR) is 124 cm³/mol. The van der Waals surface area contributed by atoms with Crippen molar-refractivity contribution < 1.29 is 18.7 Å². The zero-order valence-corrected chi connectivity index (χ0v) is 18.3. The molecule has 7 heteroatoms. The Morgan fingerprint density at radius 3 is 2.62 bits per heavy atom. The molecular weight excluding hydrogens is 424 g/mol. The number of aromatic nitrogens is 1. The first-order valence-corrected chi connectivity index (χ1v) is 11.0. The number of anilines is 1. The highest BCUT2D eigenvalue weighted by Crippen LogP contribution is 2.31. The maximum Gasteiger partial charge on any atom is 0.291 e. The first-order chi connectivity index (χ1) is 15.7. The van der Waals surface area contributed by atoms with Crippen molar-refractivity contribution in [1.82, 2.24) is 4.98 Å². The SMILES string of the molecule is COc1ccc(NC(=O)c2occc2CSc2ccccc2)cc1OCc1ccncc1. The van der Waals surface area contributed by atoms with Crippen LogP contribution in [0.5, 0.6) is 11.5 Å². The first-order valence-electron chi connectivity index (χ1n) is 9.98. The number of carbonyl (C=O) groups is 1. The molecule has 1 N–H and O–H groups in total. The topological polar surface area (TPSA) is 73.6 Å². The van der Waals surface area contributed by atoms with Crippen LogP contribution in [-0.4, -0.2) is 18.0 Å². The van der Waals surface area contributed by atoms with Gasteiger partial charge in [0.15, 0.2) is 17.3 Å². The summed E-state index contributed by atoms with van der Waals surface area (Å²) in [6.45, 7) is 0.356. The van der Waals surface area contributed by atoms with Crippen LogP contribution in [0.2, 0.25) is 0 Å². The molecule has 32 heavy (non-hydrogen) atoms. The van der Waals surface area contributed by atoms with Crippen LogP contribution in [0.3, 0.4) is 0 Å². The number of amides is 1. The van der Waals surface area contributed by atoms with Gasteiger partial charge in [-0.25, -0.2) is 0 Å². The average molecular weight is 447 g/mol. The minimum atomic E-state index is -0.316. The molecule has 0 bridgehead atoms. The molecule has 2 aromatic heterocycles. The van der Waals surface area contributed by atoms with Gasteiger partial charge in [-0.2, -0.15) is 0 Å². The van der Waals surface area contributed by atoms with E-state index < -0.39 is 0 Å². The third-order valence-electron chi connectivity index (χ3n) is 4.66. The number of nitrogens with one attached hydrogen (secondary N) is 1. The van der Waals surface area contributed by atoms with E-state index in [0.717, 1.165) is 16.0 Å². The zero-order chi connectivity index (χ0) is 22.2. The second-order valence-electron chi connectivity index (χ2n) is 6.84. The van der Waals surface area contributed by atoms with Gasteiger partial charge in [0.25, 0.3) is 5.91 Å². The summed E-state index contributed by atoms with van der Waals surface area (Å²) in [6, 6.07) is 20.9. The fourth-order valence-corrected chi connectivity index (χ4v) is 3.92. The normalized spacial score (nSPS) is 10.5. The first kappa shape index (κ1) is 21.5. The maximum atomic E-state index is 12.9. The van der Waals surface area contributed by atoms with Crippen molar-refractivity contribution in [3.63, 3.8) is 0 Å². The van der Waals surface area contributed by atoms with Crippen molar-refractivity contribution in [3.8, 4) is 11.5 Å². The van der Waals surface area contributed by atoms with Crippen LogP contribution in [0.15, 0.2) is 94.7 Å². The van der Waals surface area contributed by atoms with Crippen molar-refractivity contribution in [2.24, 2.45) is 0 Å². The number of rotatable bonds is 9. The molecule has 0 unspecified atom stereocenters. The minimum absolute atomic E-state index is 0.295. The lowest BCUT2D eigenvalue weighted by Crippen LogP contribution is -2.13. The van der Waals surface area contributed by atoms with E-state index in [0.29, 0.717) is 35.3 Å². The Morgan fingerprint density at radius 1 is 1.03 bits per heavy atom. The van der Waals surface area contributed by atoms with Crippen LogP contribution >= 0.6 is 11.8 Å². The van der Waals surface area contributed by atoms with E-state index in [1.54, 1.807) is 49.5 Å². The van der Waals surface area contributed by atoms with Gasteiger partial charge < -0.3 is 19.2 Å². The number of pyridine rings is 1. The van der Waals surface area contributed by atoms with E-state index in [2.05, 4.69) is 10.3 Å². The summed E-state index contributed by atoms with van der Waals surface area (Å²) in [6.07, 6.45) is 4.96. The fourth-order valence-electron chi connectivity index (χ4n) is 3.02. The molecule has 0 radical (unpaired) electrons. The van der Waals surface area contributed by atoms with Crippen molar-refractivity contribution in [3.05, 3.63) is 102 Å². The lowest BCUT2D eigenvalue weighted by Gasteiger charge is -2.13. The van der Waals surface area contributed by atoms with Gasteiger partial charge in [0.2, 0.25) is 0 Å². The molecule has 162 valence electrons. The number of hydrogen-bond acceptors (Lipinski definition) is 6. The Balaban J connectivity index is 1.43. The number of methoxy groups -OCH3 is 1. The molecule has 0 aliphatic heterocycles. The van der Waals surface area contributed by atoms with Gasteiger partial charge >= 0.3 is 0 Å². The Labute approximate surface area is 190 Å². The third kappa shape index (κ3) is 5.50. The van der Waals surface area contributed by atoms with Gasteiger partial charge in [-0.3, -0.25) is 9.78 Å². The second kappa shape index (κ2) is 10.5. The number of benzene rings is 2. The molecule has 6 nitrogen and oxygen atoms in total. The lowest BCUT2D eigenvalue weighted by atomic mass is 10.2. The fraction of sp³-hybridized carbons (Fsp3) is 0.120. The molecule has 4 rings (SSSR count). The molecule has 0 spiro atoms. The molecule has 2 aromatic carbocycles. The van der Waals surface area contributed by atoms with Crippen molar-refractivity contribution >= 4 is 23.4 Å². The highest BCUT2D eigenvalue weighted by molar-refractivity contribution is 7.98. The Hall–Kier alpha value is -3.71. The van der Waals surface area contributed by atoms with Crippen LogP contribution < -0.4 is 14.8 Å². The van der Waals surface area contributed by atoms with Crippen molar-refractivity contribution in [2.75, 3.05) is 12.4 Å². The number of nitrogens with zero attached hydrogens (tertiary/aromatic N) is 1. The van der Waals surface area contributed by atoms with Crippen LogP contribution in [0, 0.1) is 0 Å². The third-order valence-corrected chi connectivity index (χ3v) is 5.72. The molecule has 0 fully saturated rings. The second-order valence-corrected chi connectivity index (χ2v) is 7.89. The lowest BCUT2D eigenvalue weighted by molar-refractivity contribution is 0.0995. The number of ether oxygens (including phenoxy) is 2. The Bertz CT molecular complexity index is 1160. The Morgan fingerprint density at radius 2 is 1.84 bits per heavy atom. The summed E-state index contributed by atoms with van der Waals surface area (Å²) in [5, 5.41) is 2.89. The van der Waals surface area contributed by atoms with E-state index in [1.165, 1.54) is 6.26 Å². The summed E-state index contributed by atoms with van der Waals surface area (Å²) in [5.74, 6) is 1.72. The molecule has 1 amide bonds. The van der Waals surface area contributed by atoms with Gasteiger partial charge in [-0.15, -0.1) is 11.8 Å². The van der Waals surface area contributed by atoms with E-state index >= 15 is 0 Å². The van der Waals surface area contributed by atoms with Crippen LogP contribution in [0.1, 0.15) is 21.7 Å². The highest BCUT2D eigenvalue weighted by atomic mass is 32.2. The predicted octanol–water partition coefficient (Wildman–Crippen LogP) is 5.81. The monoisotopic (exact) mass is 446 g/mol. The zero-order valence-electron chi connectivity index (χ0n) is 17.5. The van der Waals surface area contributed by atoms with Gasteiger partial charge in [0.1, 0.15) is 6.61 Å². The number of furan rings is 1. The Kier molecular flexibility index (Phi) is 7.09. The number of carbonyl (C=O) groups excluding carboxylic acids is 1. The number of hydrogen-bond donors (Lipinski definition) is 1. The molecule has 0 atom stereocenters. The van der Waals surface area contributed by atoms with E-state index in [-0.39, 0.29) is 5.91 Å². The largest absolute Gasteiger partial charge is 0.493 e. The van der Waals surface area contributed by atoms with E-state index in [9.17, 15) is 4.79 Å². The van der Waals surface area contributed by atoms with Gasteiger partial charge in [0, 0.05) is 40.4 Å². The molecule has 0 aliphatic rings. The van der Waals surface area contributed by atoms with E-state index in [1.807, 2.05) is 48.5 Å². The minimum Gasteiger partial charge on any atom is -0.493 e. The summed E-state index contributed by atoms with van der Waals surface area (Å²) >= 11 is 1.65. The van der Waals surface area contributed by atoms with Crippen molar-refractivity contribution in [2.45, 2.75) is 17.3 Å². The molecule has 4 aromatic rings. The van der Waals surface area contributed by atoms with E-state index in [4.69, 9.17) is 13.9 Å². The van der Waals surface area contributed by atoms with Crippen LogP contribution in [0.25, 0.3) is 0 Å². The van der Waals surface area contributed by atoms with Crippen molar-refractivity contribution in [1.29, 1.82) is 0 Å². The summed E-state index contributed by atoms with van der Waals surface area (Å²) in [7, 11) is 1.58. The maximum absolute atomic E-state index is 12.9. The molecule has 0 saturated carbocycles. The van der Waals surface area contributed by atoms with Gasteiger partial charge in [-0.05, 0) is 48.0 Å². The van der Waals surface area contributed by atoms with Gasteiger partial charge in [0.05, 0.1) is 13.4 Å². The standard InChI is InChI=1S/C25H22N2O4S/c1-29-22-8-7-20(15-23(22)31-16-18-9-12-26-13-10-18)27-25(28)24-19(11-14-30-24)17-32-21-5-3-2-4-6-21/h2-15H,16-17H2,1H3,(H,27,28). The van der Waals surface area contributed by atoms with Crippen LogP contribution in [-0.2, 0) is 12.4 Å². The highest BCUT2D eigenvalue weighted by Gasteiger charge is 2.17. The quantitative estimate of drug-likeness (QED) is 0.327. The number of thioether (sulfide) groups is 1. The van der Waals surface area contributed by atoms with Gasteiger partial charge in [-0.1, -0.05) is 18.2 Å². The smallest absolute Gasteiger partial charge is 0.291 e. The average Bonchev–Trinajstić information content (AvgIpc) is 3.32. The molecule has 0 saturated heterocycles. The summed E-state index contributed by atoms with van der Waals surface area (Å²) in [4.78, 5) is 18.0. The summed E-state index contributed by atoms with van der Waals surface area (Å²) in [5.41, 5.74) is 2.39. The summed E-state index contributed by atoms with van der Waals surface area (Å²) < 4.78 is 16.8. The molecular formula is C25H22N2O4S.